The van der Waals surface area contributed by atoms with Gasteiger partial charge < -0.3 is 10.4 Å². The summed E-state index contributed by atoms with van der Waals surface area (Å²) in [5.74, 6) is 0.151. The van der Waals surface area contributed by atoms with Crippen LogP contribution in [0.3, 0.4) is 0 Å². The zero-order valence-electron chi connectivity index (χ0n) is 15.4. The van der Waals surface area contributed by atoms with Gasteiger partial charge in [-0.05, 0) is 44.4 Å². The predicted molar refractivity (Wildman–Crippen MR) is 106 cm³/mol. The highest BCUT2D eigenvalue weighted by Gasteiger charge is 2.30. The second-order valence-corrected chi connectivity index (χ2v) is 8.10. The molecule has 1 aliphatic carbocycles. The standard InChI is InChI=1S/C19H18N6O2S/c1-9-5-14(10(2)26)20-7-13(9)12-6-15-18(25-16(12)21-8-22-25)28-19(23-15)24-17(27)11-3-4-11/h5-8,10-11,26H,3-4H2,1-2H3,(H,23,24,27). The molecular formula is C19H18N6O2S. The molecule has 0 aromatic carbocycles. The summed E-state index contributed by atoms with van der Waals surface area (Å²) in [6.07, 6.45) is 4.52. The van der Waals surface area contributed by atoms with Crippen molar-refractivity contribution in [2.75, 3.05) is 5.32 Å². The van der Waals surface area contributed by atoms with E-state index in [4.69, 9.17) is 0 Å². The Labute approximate surface area is 164 Å². The number of hydrogen-bond acceptors (Lipinski definition) is 7. The Hall–Kier alpha value is -2.91. The molecule has 0 bridgehead atoms. The van der Waals surface area contributed by atoms with Crippen molar-refractivity contribution in [1.29, 1.82) is 0 Å². The van der Waals surface area contributed by atoms with Gasteiger partial charge in [0.15, 0.2) is 10.8 Å². The summed E-state index contributed by atoms with van der Waals surface area (Å²) in [5.41, 5.74) is 4.80. The smallest absolute Gasteiger partial charge is 0.229 e. The second kappa shape index (κ2) is 6.32. The Kier molecular flexibility index (Phi) is 3.88. The summed E-state index contributed by atoms with van der Waals surface area (Å²) in [5, 5.41) is 17.6. The number of carbonyl (C=O) groups excluding carboxylic acids is 1. The summed E-state index contributed by atoms with van der Waals surface area (Å²) >= 11 is 1.39. The van der Waals surface area contributed by atoms with E-state index in [0.29, 0.717) is 16.5 Å². The number of nitrogens with one attached hydrogen (secondary N) is 1. The van der Waals surface area contributed by atoms with Crippen LogP contribution in [0.4, 0.5) is 5.13 Å². The van der Waals surface area contributed by atoms with Crippen LogP contribution in [0.15, 0.2) is 24.7 Å². The van der Waals surface area contributed by atoms with Gasteiger partial charge in [0.2, 0.25) is 5.91 Å². The highest BCUT2D eigenvalue weighted by molar-refractivity contribution is 7.22. The van der Waals surface area contributed by atoms with Crippen LogP contribution >= 0.6 is 11.3 Å². The average Bonchev–Trinajstić information content (AvgIpc) is 3.26. The van der Waals surface area contributed by atoms with E-state index in [9.17, 15) is 9.90 Å². The lowest BCUT2D eigenvalue weighted by atomic mass is 10.0. The number of carbonyl (C=O) groups is 1. The van der Waals surface area contributed by atoms with Gasteiger partial charge >= 0.3 is 0 Å². The summed E-state index contributed by atoms with van der Waals surface area (Å²) in [7, 11) is 0. The van der Waals surface area contributed by atoms with E-state index in [2.05, 4.69) is 25.4 Å². The van der Waals surface area contributed by atoms with Crippen LogP contribution in [0.25, 0.3) is 27.1 Å². The lowest BCUT2D eigenvalue weighted by Crippen LogP contribution is -2.12. The molecular weight excluding hydrogens is 376 g/mol. The van der Waals surface area contributed by atoms with Crippen molar-refractivity contribution in [3.05, 3.63) is 35.9 Å². The van der Waals surface area contributed by atoms with E-state index >= 15 is 0 Å². The van der Waals surface area contributed by atoms with Gasteiger partial charge in [0, 0.05) is 23.2 Å². The minimum Gasteiger partial charge on any atom is -0.387 e. The van der Waals surface area contributed by atoms with Crippen LogP contribution < -0.4 is 5.32 Å². The molecule has 1 unspecified atom stereocenters. The van der Waals surface area contributed by atoms with Crippen molar-refractivity contribution in [2.45, 2.75) is 32.8 Å². The first kappa shape index (κ1) is 17.2. The predicted octanol–water partition coefficient (Wildman–Crippen LogP) is 3.11. The van der Waals surface area contributed by atoms with Gasteiger partial charge in [-0.25, -0.2) is 14.5 Å². The van der Waals surface area contributed by atoms with Gasteiger partial charge in [0.1, 0.15) is 16.7 Å². The molecule has 1 aliphatic rings. The molecule has 5 rings (SSSR count). The van der Waals surface area contributed by atoms with Crippen molar-refractivity contribution in [3.8, 4) is 11.1 Å². The van der Waals surface area contributed by atoms with Crippen molar-refractivity contribution in [2.24, 2.45) is 5.92 Å². The van der Waals surface area contributed by atoms with Crippen molar-refractivity contribution < 1.29 is 9.90 Å². The maximum absolute atomic E-state index is 12.1. The van der Waals surface area contributed by atoms with Crippen molar-refractivity contribution >= 4 is 38.4 Å². The molecule has 2 N–H and O–H groups in total. The fourth-order valence-corrected chi connectivity index (χ4v) is 4.15. The number of aliphatic hydroxyl groups is 1. The van der Waals surface area contributed by atoms with E-state index in [1.165, 1.54) is 17.7 Å². The lowest BCUT2D eigenvalue weighted by molar-refractivity contribution is -0.117. The molecule has 1 fully saturated rings. The third-order valence-electron chi connectivity index (χ3n) is 4.92. The highest BCUT2D eigenvalue weighted by atomic mass is 32.1. The molecule has 0 spiro atoms. The molecule has 4 aromatic heterocycles. The Balaban J connectivity index is 1.64. The molecule has 9 heteroatoms. The first-order valence-electron chi connectivity index (χ1n) is 9.10. The summed E-state index contributed by atoms with van der Waals surface area (Å²) in [6.45, 7) is 3.67. The highest BCUT2D eigenvalue weighted by Crippen LogP contribution is 2.35. The number of pyridine rings is 2. The number of thiazole rings is 1. The van der Waals surface area contributed by atoms with Gasteiger partial charge in [-0.1, -0.05) is 11.3 Å². The number of aromatic nitrogens is 5. The van der Waals surface area contributed by atoms with E-state index in [1.807, 2.05) is 19.1 Å². The van der Waals surface area contributed by atoms with Crippen molar-refractivity contribution in [3.63, 3.8) is 0 Å². The Morgan fingerprint density at radius 2 is 2.14 bits per heavy atom. The van der Waals surface area contributed by atoms with Gasteiger partial charge in [-0.3, -0.25) is 9.78 Å². The monoisotopic (exact) mass is 394 g/mol. The first-order valence-corrected chi connectivity index (χ1v) is 9.92. The lowest BCUT2D eigenvalue weighted by Gasteiger charge is -2.10. The van der Waals surface area contributed by atoms with Gasteiger partial charge in [-0.2, -0.15) is 5.10 Å². The summed E-state index contributed by atoms with van der Waals surface area (Å²) < 4.78 is 1.75. The van der Waals surface area contributed by atoms with Gasteiger partial charge in [0.05, 0.1) is 11.8 Å². The summed E-state index contributed by atoms with van der Waals surface area (Å²) in [4.78, 5) is 26.3. The molecule has 1 saturated carbocycles. The van der Waals surface area contributed by atoms with E-state index in [-0.39, 0.29) is 11.8 Å². The number of anilines is 1. The first-order chi connectivity index (χ1) is 13.5. The van der Waals surface area contributed by atoms with E-state index in [1.54, 1.807) is 17.6 Å². The van der Waals surface area contributed by atoms with Crippen molar-refractivity contribution in [1.82, 2.24) is 24.6 Å². The van der Waals surface area contributed by atoms with Gasteiger partial charge in [-0.15, -0.1) is 0 Å². The number of aliphatic hydroxyl groups excluding tert-OH is 1. The zero-order valence-corrected chi connectivity index (χ0v) is 16.2. The molecule has 1 amide bonds. The molecule has 4 aromatic rings. The Bertz CT molecular complexity index is 1220. The molecule has 8 nitrogen and oxygen atoms in total. The third-order valence-corrected chi connectivity index (χ3v) is 5.89. The molecule has 142 valence electrons. The van der Waals surface area contributed by atoms with Crippen LogP contribution in [0.5, 0.6) is 0 Å². The van der Waals surface area contributed by atoms with E-state index < -0.39 is 6.10 Å². The average molecular weight is 394 g/mol. The fraction of sp³-hybridized carbons (Fsp3) is 0.316. The normalized spacial score (nSPS) is 15.2. The summed E-state index contributed by atoms with van der Waals surface area (Å²) in [6, 6.07) is 3.83. The molecule has 1 atom stereocenters. The van der Waals surface area contributed by atoms with Crippen LogP contribution in [0, 0.1) is 12.8 Å². The number of rotatable bonds is 4. The maximum Gasteiger partial charge on any atom is 0.229 e. The van der Waals surface area contributed by atoms with E-state index in [0.717, 1.165) is 39.9 Å². The van der Waals surface area contributed by atoms with Gasteiger partial charge in [0.25, 0.3) is 0 Å². The molecule has 0 radical (unpaired) electrons. The number of aryl methyl sites for hydroxylation is 1. The molecule has 0 saturated heterocycles. The largest absolute Gasteiger partial charge is 0.387 e. The number of fused-ring (bicyclic) bond motifs is 3. The molecule has 0 aliphatic heterocycles. The quantitative estimate of drug-likeness (QED) is 0.551. The second-order valence-electron chi connectivity index (χ2n) is 7.13. The maximum atomic E-state index is 12.1. The SMILES string of the molecule is Cc1cc(C(C)O)ncc1-c1cc2nc(NC(=O)C3CC3)sc2n2ncnc12. The number of nitrogens with zero attached hydrogens (tertiary/aromatic N) is 5. The Morgan fingerprint density at radius 3 is 2.86 bits per heavy atom. The minimum absolute atomic E-state index is 0.0304. The van der Waals surface area contributed by atoms with Crippen LogP contribution in [-0.2, 0) is 4.79 Å². The number of amides is 1. The fourth-order valence-electron chi connectivity index (χ4n) is 3.24. The molecule has 4 heterocycles. The van der Waals surface area contributed by atoms with Crippen LogP contribution in [0.1, 0.15) is 37.1 Å². The number of hydrogen-bond donors (Lipinski definition) is 2. The third kappa shape index (κ3) is 2.83. The topological polar surface area (TPSA) is 105 Å². The minimum atomic E-state index is -0.625. The van der Waals surface area contributed by atoms with Crippen LogP contribution in [0.2, 0.25) is 0 Å². The van der Waals surface area contributed by atoms with Crippen LogP contribution in [-0.4, -0.2) is 35.6 Å². The Morgan fingerprint density at radius 1 is 1.32 bits per heavy atom. The molecule has 28 heavy (non-hydrogen) atoms. The zero-order chi connectivity index (χ0) is 19.4.